The van der Waals surface area contributed by atoms with Crippen LogP contribution in [0.15, 0.2) is 77.6 Å². The molecule has 0 radical (unpaired) electrons. The number of nitrogens with one attached hydrogen (secondary N) is 1. The van der Waals surface area contributed by atoms with E-state index < -0.39 is 35.5 Å². The minimum absolute atomic E-state index is 0.0196. The van der Waals surface area contributed by atoms with Crippen LogP contribution < -0.4 is 5.56 Å². The molecule has 0 bridgehead atoms. The van der Waals surface area contributed by atoms with Gasteiger partial charge in [-0.15, -0.1) is 0 Å². The van der Waals surface area contributed by atoms with Crippen LogP contribution in [0.4, 0.5) is 26.3 Å². The second-order valence-electron chi connectivity index (χ2n) is 11.5. The summed E-state index contributed by atoms with van der Waals surface area (Å²) in [5.74, 6) is -0.177. The highest BCUT2D eigenvalue weighted by atomic mass is 19.4. The summed E-state index contributed by atoms with van der Waals surface area (Å²) in [6.07, 6.45) is -9.26. The number of H-pyrrole nitrogens is 1. The number of fused-ring (bicyclic) bond motifs is 1. The van der Waals surface area contributed by atoms with E-state index in [1.807, 2.05) is 30.3 Å². The number of aliphatic hydroxyl groups excluding tert-OH is 1. The Balaban J connectivity index is 1.26. The van der Waals surface area contributed by atoms with Crippen LogP contribution in [0.2, 0.25) is 0 Å². The zero-order chi connectivity index (χ0) is 32.1. The Hall–Kier alpha value is -4.45. The first-order valence-corrected chi connectivity index (χ1v) is 14.3. The normalized spacial score (nSPS) is 16.9. The zero-order valence-corrected chi connectivity index (χ0v) is 23.7. The second-order valence-corrected chi connectivity index (χ2v) is 11.5. The number of aryl methyl sites for hydroxylation is 1. The molecular formula is C33H27F6N3O3. The van der Waals surface area contributed by atoms with Crippen LogP contribution in [-0.4, -0.2) is 32.4 Å². The number of carbonyl (C=O) groups is 1. The Morgan fingerprint density at radius 2 is 1.56 bits per heavy atom. The number of nitrogens with zero attached hydrogens (tertiary/aromatic N) is 2. The number of amides is 1. The monoisotopic (exact) mass is 627 g/mol. The van der Waals surface area contributed by atoms with Crippen LogP contribution in [0, 0.1) is 0 Å². The summed E-state index contributed by atoms with van der Waals surface area (Å²) >= 11 is 0. The molecule has 2 N–H and O–H groups in total. The summed E-state index contributed by atoms with van der Waals surface area (Å²) in [5.41, 5.74) is -2.19. The maximum absolute atomic E-state index is 13.5. The second kappa shape index (κ2) is 11.2. The van der Waals surface area contributed by atoms with E-state index in [-0.39, 0.29) is 46.8 Å². The third-order valence-corrected chi connectivity index (χ3v) is 8.49. The minimum atomic E-state index is -5.03. The molecule has 2 aliphatic rings. The van der Waals surface area contributed by atoms with Crippen molar-refractivity contribution < 1.29 is 36.2 Å². The lowest BCUT2D eigenvalue weighted by molar-refractivity contribution is -0.143. The first-order chi connectivity index (χ1) is 21.3. The predicted molar refractivity (Wildman–Crippen MR) is 152 cm³/mol. The van der Waals surface area contributed by atoms with Gasteiger partial charge in [-0.25, -0.2) is 4.98 Å². The number of benzene rings is 3. The summed E-state index contributed by atoms with van der Waals surface area (Å²) in [5, 5.41) is 11.0. The first kappa shape index (κ1) is 30.6. The van der Waals surface area contributed by atoms with Gasteiger partial charge in [0.05, 0.1) is 34.3 Å². The summed E-state index contributed by atoms with van der Waals surface area (Å²) in [6.45, 7) is 0.0849. The van der Waals surface area contributed by atoms with Gasteiger partial charge in [-0.1, -0.05) is 48.5 Å². The SMILES string of the molecule is O=C([C@H](O)c1cccc(-c2cc(C(F)(F)F)cc(C(F)(F)F)c2)c1)N1CCCc2nc(C3(c4ccccc4)CC3)[nH]c(=O)c2C1. The first-order valence-electron chi connectivity index (χ1n) is 14.3. The predicted octanol–water partition coefficient (Wildman–Crippen LogP) is 6.56. The molecule has 6 nitrogen and oxygen atoms in total. The van der Waals surface area contributed by atoms with Crippen molar-refractivity contribution in [3.63, 3.8) is 0 Å². The van der Waals surface area contributed by atoms with Crippen LogP contribution >= 0.6 is 0 Å². The van der Waals surface area contributed by atoms with Gasteiger partial charge in [0.15, 0.2) is 6.10 Å². The maximum atomic E-state index is 13.5. The van der Waals surface area contributed by atoms with Crippen molar-refractivity contribution in [1.29, 1.82) is 0 Å². The van der Waals surface area contributed by atoms with Crippen LogP contribution in [-0.2, 0) is 35.5 Å². The summed E-state index contributed by atoms with van der Waals surface area (Å²) in [4.78, 5) is 35.8. The average Bonchev–Trinajstić information content (AvgIpc) is 3.85. The Morgan fingerprint density at radius 1 is 0.889 bits per heavy atom. The molecule has 0 spiro atoms. The molecule has 1 aliphatic carbocycles. The lowest BCUT2D eigenvalue weighted by Crippen LogP contribution is -2.36. The van der Waals surface area contributed by atoms with Gasteiger partial charge in [-0.3, -0.25) is 9.59 Å². The maximum Gasteiger partial charge on any atom is 0.416 e. The van der Waals surface area contributed by atoms with Crippen LogP contribution in [0.1, 0.15) is 64.7 Å². The Labute approximate surface area is 253 Å². The Kier molecular flexibility index (Phi) is 7.59. The number of carbonyl (C=O) groups excluding carboxylic acids is 1. The molecule has 4 aromatic rings. The van der Waals surface area contributed by atoms with Crippen LogP contribution in [0.5, 0.6) is 0 Å². The van der Waals surface area contributed by atoms with E-state index in [4.69, 9.17) is 4.98 Å². The molecule has 1 saturated carbocycles. The molecule has 1 amide bonds. The average molecular weight is 628 g/mol. The van der Waals surface area contributed by atoms with Crippen LogP contribution in [0.25, 0.3) is 11.1 Å². The van der Waals surface area contributed by atoms with E-state index in [0.717, 1.165) is 18.4 Å². The standard InChI is InChI=1S/C33H27F6N3O3/c34-32(35,36)23-15-21(16-24(17-23)33(37,38)39)19-6-4-7-20(14-19)27(43)29(45)42-13-5-10-26-25(18-42)28(44)41-30(40-26)31(11-12-31)22-8-2-1-3-9-22/h1-4,6-9,14-17,27,43H,5,10-13,18H2,(H,40,41,44)/t27-/m1/s1. The van der Waals surface area contributed by atoms with Gasteiger partial charge >= 0.3 is 12.4 Å². The number of aliphatic hydroxyl groups is 1. The fourth-order valence-electron chi connectivity index (χ4n) is 5.91. The minimum Gasteiger partial charge on any atom is -0.378 e. The number of rotatable bonds is 5. The lowest BCUT2D eigenvalue weighted by atomic mass is 9.94. The number of aromatic amines is 1. The fraction of sp³-hybridized carbons (Fsp3) is 0.303. The third kappa shape index (κ3) is 5.98. The number of halogens is 6. The molecule has 3 aromatic carbocycles. The summed E-state index contributed by atoms with van der Waals surface area (Å²) in [6, 6.07) is 16.2. The number of hydrogen-bond acceptors (Lipinski definition) is 4. The molecule has 1 fully saturated rings. The molecule has 6 rings (SSSR count). The summed E-state index contributed by atoms with van der Waals surface area (Å²) < 4.78 is 80.5. The summed E-state index contributed by atoms with van der Waals surface area (Å²) in [7, 11) is 0. The van der Waals surface area contributed by atoms with Gasteiger partial charge in [-0.2, -0.15) is 26.3 Å². The van der Waals surface area contributed by atoms with Gasteiger partial charge < -0.3 is 15.0 Å². The molecule has 1 aromatic heterocycles. The van der Waals surface area contributed by atoms with E-state index in [9.17, 15) is 41.0 Å². The lowest BCUT2D eigenvalue weighted by Gasteiger charge is -2.24. The van der Waals surface area contributed by atoms with E-state index in [2.05, 4.69) is 4.98 Å². The van der Waals surface area contributed by atoms with E-state index in [0.29, 0.717) is 42.1 Å². The highest BCUT2D eigenvalue weighted by molar-refractivity contribution is 5.83. The molecule has 234 valence electrons. The van der Waals surface area contributed by atoms with Crippen molar-refractivity contribution in [2.24, 2.45) is 0 Å². The molecule has 0 saturated heterocycles. The van der Waals surface area contributed by atoms with E-state index in [1.54, 1.807) is 0 Å². The van der Waals surface area contributed by atoms with Crippen molar-refractivity contribution in [1.82, 2.24) is 14.9 Å². The number of hydrogen-bond donors (Lipinski definition) is 2. The largest absolute Gasteiger partial charge is 0.416 e. The molecule has 1 aliphatic heterocycles. The molecular weight excluding hydrogens is 600 g/mol. The fourth-order valence-corrected chi connectivity index (χ4v) is 5.91. The van der Waals surface area contributed by atoms with Gasteiger partial charge in [0.25, 0.3) is 11.5 Å². The Morgan fingerprint density at radius 3 is 2.18 bits per heavy atom. The highest BCUT2D eigenvalue weighted by Crippen LogP contribution is 2.52. The van der Waals surface area contributed by atoms with Gasteiger partial charge in [-0.05, 0) is 72.2 Å². The molecule has 0 unspecified atom stereocenters. The van der Waals surface area contributed by atoms with E-state index >= 15 is 0 Å². The van der Waals surface area contributed by atoms with Crippen molar-refractivity contribution in [3.05, 3.63) is 122 Å². The zero-order valence-electron chi connectivity index (χ0n) is 23.7. The third-order valence-electron chi connectivity index (χ3n) is 8.49. The Bertz CT molecular complexity index is 1780. The highest BCUT2D eigenvalue weighted by Gasteiger charge is 2.48. The van der Waals surface area contributed by atoms with Crippen molar-refractivity contribution in [2.75, 3.05) is 6.54 Å². The molecule has 1 atom stereocenters. The van der Waals surface area contributed by atoms with Crippen LogP contribution in [0.3, 0.4) is 0 Å². The smallest absolute Gasteiger partial charge is 0.378 e. The number of alkyl halides is 6. The van der Waals surface area contributed by atoms with Gasteiger partial charge in [0, 0.05) is 6.54 Å². The van der Waals surface area contributed by atoms with Gasteiger partial charge in [0.2, 0.25) is 0 Å². The molecule has 45 heavy (non-hydrogen) atoms. The van der Waals surface area contributed by atoms with Crippen molar-refractivity contribution >= 4 is 5.91 Å². The van der Waals surface area contributed by atoms with Gasteiger partial charge in [0.1, 0.15) is 5.82 Å². The topological polar surface area (TPSA) is 86.3 Å². The van der Waals surface area contributed by atoms with Crippen molar-refractivity contribution in [2.45, 2.75) is 56.1 Å². The molecule has 2 heterocycles. The van der Waals surface area contributed by atoms with E-state index in [1.165, 1.54) is 29.2 Å². The van der Waals surface area contributed by atoms with Crippen molar-refractivity contribution in [3.8, 4) is 11.1 Å². The quantitative estimate of drug-likeness (QED) is 0.246. The number of aromatic nitrogens is 2. The molecule has 12 heteroatoms.